The minimum Gasteiger partial charge on any atom is -1.00 e. The fourth-order valence-electron chi connectivity index (χ4n) is 10.6. The van der Waals surface area contributed by atoms with E-state index in [4.69, 9.17) is 4.11 Å². The summed E-state index contributed by atoms with van der Waals surface area (Å²) in [6, 6.07) is -1.44. The van der Waals surface area contributed by atoms with Crippen molar-refractivity contribution in [1.29, 1.82) is 0 Å². The molecule has 7 aliphatic rings. The number of nitrogens with zero attached hydrogens (tertiary/aromatic N) is 6. The van der Waals surface area contributed by atoms with E-state index in [-0.39, 0.29) is 150 Å². The number of amides is 4. The lowest BCUT2D eigenvalue weighted by Gasteiger charge is -2.29. The first-order chi connectivity index (χ1) is 32.7. The number of hydrogen-bond donors (Lipinski definition) is 4. The third-order valence-corrected chi connectivity index (χ3v) is 14.3. The van der Waals surface area contributed by atoms with Crippen LogP contribution in [0.25, 0.3) is 0 Å². The van der Waals surface area contributed by atoms with Crippen LogP contribution >= 0.6 is 0 Å². The minimum atomic E-state index is -0.390. The van der Waals surface area contributed by atoms with Gasteiger partial charge in [-0.3, -0.25) is 49.2 Å². The molecule has 4 amide bonds. The molecule has 6 aliphatic heterocycles. The van der Waals surface area contributed by atoms with E-state index in [1.165, 1.54) is 20.8 Å². The van der Waals surface area contributed by atoms with Crippen molar-refractivity contribution in [3.05, 3.63) is 29.7 Å². The van der Waals surface area contributed by atoms with E-state index < -0.39 is 0 Å². The minimum absolute atomic E-state index is 0. The first-order valence-corrected chi connectivity index (χ1v) is 24.4. The number of hydrogen-bond acceptors (Lipinski definition) is 14. The van der Waals surface area contributed by atoms with Crippen molar-refractivity contribution in [2.75, 3.05) is 74.0 Å². The molecule has 6 heterocycles. The highest BCUT2D eigenvalue weighted by Crippen LogP contribution is 2.31. The molecule has 0 spiro atoms. The number of likely N-dealkylation sites (tertiary alicyclic amines) is 4. The summed E-state index contributed by atoms with van der Waals surface area (Å²) in [6.07, 6.45) is 8.39. The van der Waals surface area contributed by atoms with Gasteiger partial charge in [0.1, 0.15) is 12.1 Å². The van der Waals surface area contributed by atoms with E-state index in [2.05, 4.69) is 28.4 Å². The molecule has 0 aromatic heterocycles. The van der Waals surface area contributed by atoms with Crippen LogP contribution in [-0.2, 0) is 38.4 Å². The van der Waals surface area contributed by atoms with Crippen LogP contribution < -0.4 is 21.5 Å². The van der Waals surface area contributed by atoms with E-state index in [1.54, 1.807) is 26.5 Å². The van der Waals surface area contributed by atoms with Gasteiger partial charge in [-0.2, -0.15) is 0 Å². The quantitative estimate of drug-likeness (QED) is 0.193. The second-order valence-electron chi connectivity index (χ2n) is 18.9. The summed E-state index contributed by atoms with van der Waals surface area (Å²) < 4.78 is 23.3. The molecule has 7 rings (SSSR count). The van der Waals surface area contributed by atoms with Gasteiger partial charge in [0.25, 0.3) is 0 Å². The van der Waals surface area contributed by atoms with Gasteiger partial charge in [0.05, 0.1) is 30.1 Å². The topological polar surface area (TPSA) is 204 Å². The first-order valence-electron chi connectivity index (χ1n) is 26.1. The monoisotopic (exact) mass is 1000 g/mol. The van der Waals surface area contributed by atoms with Crippen molar-refractivity contribution in [3.8, 4) is 0 Å². The SMILES string of the molecule is CNCCC(=O)N1C[C@H](C)C[C@@H]1C(C)=O.[2H-].[2H-].[2H-].[2H-].[3H][C@H]1C[C@H](C(C)=O)N(C(=O)[C@@H]2CCCN2NC)C1.[3H][C@H]1C[C@H](C(C)=O)N(C(=O)[C@@H]2CCC[C@@H]2NC)C1.[3H][C@H]1C[C@H](C(C)=O)N(C(=O)[C@H]2CCCN2NC)C1.[CH3-].[CH3-].[CH3-].[CH3-]. The third kappa shape index (κ3) is 17.2. The number of Topliss-reactive ketones (excluding diaryl/α,β-unsaturated/α-hetero) is 4. The molecule has 12 atom stereocenters. The molecule has 6 saturated heterocycles. The maximum Gasteiger partial charge on any atom is 0.241 e. The fraction of sp³-hybridized carbons (Fsp3) is 0.769. The van der Waals surface area contributed by atoms with Crippen LogP contribution in [0.2, 0.25) is 0 Å². The highest BCUT2D eigenvalue weighted by Gasteiger charge is 2.42. The first kappa shape index (κ1) is 60.6. The lowest BCUT2D eigenvalue weighted by molar-refractivity contribution is -0.141. The smallest absolute Gasteiger partial charge is 0.241 e. The molecule has 0 radical (unpaired) electrons. The van der Waals surface area contributed by atoms with E-state index in [1.807, 2.05) is 38.2 Å². The highest BCUT2D eigenvalue weighted by atomic mass is 16.2. The Bertz CT molecular complexity index is 1660. The highest BCUT2D eigenvalue weighted by molar-refractivity contribution is 5.92. The predicted octanol–water partition coefficient (Wildman–Crippen LogP) is 3.96. The van der Waals surface area contributed by atoms with Gasteiger partial charge in [0.2, 0.25) is 23.6 Å². The Morgan fingerprint density at radius 3 is 1.30 bits per heavy atom. The Kier molecular flexibility index (Phi) is 28.1. The van der Waals surface area contributed by atoms with Crippen LogP contribution in [0.5, 0.6) is 0 Å². The van der Waals surface area contributed by atoms with Gasteiger partial charge in [0.15, 0.2) is 23.1 Å². The number of ketones is 4. The molecule has 4 N–H and O–H groups in total. The molecule has 18 heteroatoms. The third-order valence-electron chi connectivity index (χ3n) is 14.3. The molecule has 1 saturated carbocycles. The summed E-state index contributed by atoms with van der Waals surface area (Å²) in [4.78, 5) is 102. The van der Waals surface area contributed by atoms with Gasteiger partial charge in [0, 0.05) is 62.4 Å². The Labute approximate surface area is 433 Å². The van der Waals surface area contributed by atoms with Gasteiger partial charge >= 0.3 is 0 Å². The number of rotatable bonds is 13. The maximum atomic E-state index is 12.5. The maximum absolute atomic E-state index is 12.5. The van der Waals surface area contributed by atoms with Crippen LogP contribution in [0.1, 0.15) is 141 Å². The van der Waals surface area contributed by atoms with E-state index in [9.17, 15) is 38.4 Å². The average molecular weight is 1000 g/mol. The predicted molar refractivity (Wildman–Crippen MR) is 283 cm³/mol. The van der Waals surface area contributed by atoms with Crippen molar-refractivity contribution < 1.29 is 48.2 Å². The molecule has 1 aliphatic carbocycles. The molecule has 0 aromatic carbocycles. The number of hydrazine groups is 2. The Morgan fingerprint density at radius 2 is 0.929 bits per heavy atom. The molecule has 0 aromatic rings. The number of nitrogens with one attached hydrogen (secondary N) is 4. The summed E-state index contributed by atoms with van der Waals surface area (Å²) >= 11 is 0. The largest absolute Gasteiger partial charge is 1.00 e. The van der Waals surface area contributed by atoms with Crippen LogP contribution in [0.4, 0.5) is 0 Å². The van der Waals surface area contributed by atoms with Crippen molar-refractivity contribution >= 4 is 46.8 Å². The summed E-state index contributed by atoms with van der Waals surface area (Å²) in [7, 11) is 7.33. The van der Waals surface area contributed by atoms with Crippen LogP contribution in [-0.4, -0.2) is 193 Å². The summed E-state index contributed by atoms with van der Waals surface area (Å²) in [5.41, 5.74) is 6.06. The summed E-state index contributed by atoms with van der Waals surface area (Å²) in [5, 5.41) is 9.99. The van der Waals surface area contributed by atoms with Crippen LogP contribution in [0.3, 0.4) is 0 Å². The molecule has 18 nitrogen and oxygen atoms in total. The lowest BCUT2D eigenvalue weighted by Crippen LogP contribution is -2.52. The summed E-state index contributed by atoms with van der Waals surface area (Å²) in [6.45, 7) is 12.5. The van der Waals surface area contributed by atoms with Gasteiger partial charge < -0.3 is 65.6 Å². The molecule has 0 unspecified atom stereocenters. The zero-order chi connectivity index (χ0) is 51.3. The van der Waals surface area contributed by atoms with Gasteiger partial charge in [-0.05, 0) is 145 Å². The zero-order valence-electron chi connectivity index (χ0n) is 52.3. The van der Waals surface area contributed by atoms with Crippen LogP contribution in [0.15, 0.2) is 0 Å². The summed E-state index contributed by atoms with van der Waals surface area (Å²) in [5.74, 6) is 0.692. The van der Waals surface area contributed by atoms with E-state index in [0.29, 0.717) is 57.8 Å². The molecule has 7 fully saturated rings. The molecular weight excluding hydrogens is 893 g/mol. The number of carbonyl (C=O) groups is 8. The molecule has 414 valence electrons. The lowest BCUT2D eigenvalue weighted by atomic mass is 10.0. The van der Waals surface area contributed by atoms with Gasteiger partial charge in [-0.15, -0.1) is 0 Å². The zero-order valence-corrected chi connectivity index (χ0v) is 45.3. The van der Waals surface area contributed by atoms with Crippen LogP contribution in [0, 0.1) is 41.5 Å². The van der Waals surface area contributed by atoms with Crippen molar-refractivity contribution in [2.45, 2.75) is 173 Å². The van der Waals surface area contributed by atoms with Crippen molar-refractivity contribution in [3.63, 3.8) is 0 Å². The van der Waals surface area contributed by atoms with Crippen molar-refractivity contribution in [2.24, 2.45) is 11.8 Å². The standard InChI is InChI=1S/C13H22N2O2.2C12H21N3O2.C11H20N2O2.4CH3.4H/c1-9(16)12-7-4-8-15(12)13(17)10-5-3-6-11(10)14-2;2*1-9(16)10-5-3-7-14(10)12(17)11-6-4-8-15(11)13-2;1-8-6-10(9(2)14)13(7-8)11(15)4-5-12-3;;;;;;;;/h10-12,14H,3-8H2,1-2H3;2*10-11,13H,3-8H2,1-2H3;8,10,12H,4-7H2,1-3H3;4*1H3;;;;/q;;;;8*-1/t10-,11+,12-;10-,11+;10-,11-;8-,10-;;;;;;;;/m1111......../s1/i4T;2*3T;;;;;;4*1+1/t4-,10+,11-,12+;3-,10+,11-;3-,10+,11+;m;;;;;;;;/m0001......... The second kappa shape index (κ2) is 32.4. The van der Waals surface area contributed by atoms with Crippen molar-refractivity contribution in [1.82, 2.24) is 51.1 Å². The normalized spacial score (nSPS) is 31.8. The van der Waals surface area contributed by atoms with Gasteiger partial charge in [-0.25, -0.2) is 10.0 Å². The Morgan fingerprint density at radius 1 is 0.514 bits per heavy atom. The number of carbonyl (C=O) groups excluding carboxylic acids is 8. The second-order valence-corrected chi connectivity index (χ2v) is 18.9. The molecule has 70 heavy (non-hydrogen) atoms. The fourth-order valence-corrected chi connectivity index (χ4v) is 10.6. The van der Waals surface area contributed by atoms with E-state index >= 15 is 0 Å². The Balaban J connectivity index is -0.000000290. The van der Waals surface area contributed by atoms with E-state index in [0.717, 1.165) is 71.0 Å². The molecule has 0 bridgehead atoms. The average Bonchev–Trinajstić information content (AvgIpc) is 4.18. The Hall–Kier alpha value is -3.68. The van der Waals surface area contributed by atoms with Gasteiger partial charge in [-0.1, -0.05) is 13.3 Å². The molecular formula is C52H100N10O8-8.